The number of hydrogen-bond acceptors (Lipinski definition) is 2. The van der Waals surface area contributed by atoms with Gasteiger partial charge in [0.15, 0.2) is 0 Å². The van der Waals surface area contributed by atoms with Crippen LogP contribution >= 0.6 is 0 Å². The monoisotopic (exact) mass is 290 g/mol. The molecule has 0 aromatic rings. The fraction of sp³-hybridized carbons (Fsp3) is 1.00. The topological polar surface area (TPSA) is 15.3 Å². The Bertz CT molecular complexity index is 321. The van der Waals surface area contributed by atoms with Gasteiger partial charge in [-0.05, 0) is 68.6 Å². The maximum Gasteiger partial charge on any atom is 0.00684 e. The third-order valence-corrected chi connectivity index (χ3v) is 6.24. The van der Waals surface area contributed by atoms with Gasteiger partial charge in [0.25, 0.3) is 0 Å². The Kier molecular flexibility index (Phi) is 4.28. The molecule has 4 rings (SSSR count). The predicted molar refractivity (Wildman–Crippen MR) is 88.4 cm³/mol. The molecule has 0 aromatic heterocycles. The van der Waals surface area contributed by atoms with Crippen LogP contribution in [-0.4, -0.2) is 37.1 Å². The summed E-state index contributed by atoms with van der Waals surface area (Å²) in [7, 11) is 0. The molecule has 4 aliphatic carbocycles. The van der Waals surface area contributed by atoms with Crippen LogP contribution in [-0.2, 0) is 0 Å². The molecule has 1 N–H and O–H groups in total. The molecular weight excluding hydrogens is 256 g/mol. The Hall–Kier alpha value is -0.0800. The molecule has 0 aliphatic heterocycles. The van der Waals surface area contributed by atoms with E-state index >= 15 is 0 Å². The molecule has 4 aliphatic rings. The second-order valence-corrected chi connectivity index (χ2v) is 8.80. The molecular formula is C19H34N2. The van der Waals surface area contributed by atoms with Gasteiger partial charge in [-0.3, -0.25) is 0 Å². The van der Waals surface area contributed by atoms with E-state index < -0.39 is 0 Å². The van der Waals surface area contributed by atoms with Crippen molar-refractivity contribution in [2.45, 2.75) is 76.7 Å². The van der Waals surface area contributed by atoms with E-state index in [0.29, 0.717) is 5.41 Å². The van der Waals surface area contributed by atoms with E-state index in [1.807, 2.05) is 0 Å². The largest absolute Gasteiger partial charge is 0.313 e. The molecule has 4 saturated carbocycles. The Labute approximate surface area is 131 Å². The average Bonchev–Trinajstić information content (AvgIpc) is 3.34. The van der Waals surface area contributed by atoms with Crippen molar-refractivity contribution in [1.82, 2.24) is 10.2 Å². The molecule has 0 saturated heterocycles. The molecule has 0 spiro atoms. The van der Waals surface area contributed by atoms with Gasteiger partial charge in [0, 0.05) is 32.2 Å². The highest BCUT2D eigenvalue weighted by molar-refractivity contribution is 4.93. The molecule has 21 heavy (non-hydrogen) atoms. The third kappa shape index (κ3) is 4.45. The fourth-order valence-corrected chi connectivity index (χ4v) is 4.35. The van der Waals surface area contributed by atoms with E-state index in [4.69, 9.17) is 0 Å². The fourth-order valence-electron chi connectivity index (χ4n) is 4.35. The molecule has 2 nitrogen and oxygen atoms in total. The lowest BCUT2D eigenvalue weighted by Gasteiger charge is -2.42. The van der Waals surface area contributed by atoms with Crippen LogP contribution in [0.4, 0.5) is 0 Å². The first kappa shape index (κ1) is 14.5. The smallest absolute Gasteiger partial charge is 0.00684 e. The van der Waals surface area contributed by atoms with Gasteiger partial charge in [-0.2, -0.15) is 0 Å². The highest BCUT2D eigenvalue weighted by Gasteiger charge is 2.38. The minimum atomic E-state index is 0.616. The summed E-state index contributed by atoms with van der Waals surface area (Å²) in [6.07, 6.45) is 16.3. The van der Waals surface area contributed by atoms with Crippen LogP contribution in [0.1, 0.15) is 70.6 Å². The van der Waals surface area contributed by atoms with Crippen LogP contribution in [0, 0.1) is 17.3 Å². The van der Waals surface area contributed by atoms with Gasteiger partial charge in [0.1, 0.15) is 0 Å². The van der Waals surface area contributed by atoms with Crippen molar-refractivity contribution < 1.29 is 0 Å². The van der Waals surface area contributed by atoms with Crippen molar-refractivity contribution in [2.75, 3.05) is 26.2 Å². The quantitative estimate of drug-likeness (QED) is 0.694. The van der Waals surface area contributed by atoms with Gasteiger partial charge in [-0.15, -0.1) is 0 Å². The predicted octanol–water partition coefficient (Wildman–Crippen LogP) is 3.81. The van der Waals surface area contributed by atoms with Crippen LogP contribution in [0.3, 0.4) is 0 Å². The highest BCUT2D eigenvalue weighted by atomic mass is 15.1. The van der Waals surface area contributed by atoms with Gasteiger partial charge in [-0.1, -0.05) is 19.3 Å². The summed E-state index contributed by atoms with van der Waals surface area (Å²) < 4.78 is 0. The second kappa shape index (κ2) is 6.20. The summed E-state index contributed by atoms with van der Waals surface area (Å²) in [6, 6.07) is 0.879. The second-order valence-electron chi connectivity index (χ2n) is 8.80. The van der Waals surface area contributed by atoms with Crippen molar-refractivity contribution in [3.63, 3.8) is 0 Å². The molecule has 0 radical (unpaired) electrons. The van der Waals surface area contributed by atoms with Gasteiger partial charge >= 0.3 is 0 Å². The summed E-state index contributed by atoms with van der Waals surface area (Å²) in [6.45, 7) is 5.55. The minimum absolute atomic E-state index is 0.616. The highest BCUT2D eigenvalue weighted by Crippen LogP contribution is 2.40. The SMILES string of the molecule is C1CCC(CNC2CC2)(CN(CC2CC2)CC2CC2)CC1. The summed E-state index contributed by atoms with van der Waals surface area (Å²) in [4.78, 5) is 2.90. The minimum Gasteiger partial charge on any atom is -0.313 e. The van der Waals surface area contributed by atoms with E-state index in [2.05, 4.69) is 10.2 Å². The van der Waals surface area contributed by atoms with E-state index in [-0.39, 0.29) is 0 Å². The molecule has 4 fully saturated rings. The van der Waals surface area contributed by atoms with E-state index in [1.165, 1.54) is 96.8 Å². The molecule has 0 atom stereocenters. The lowest BCUT2D eigenvalue weighted by atomic mass is 9.73. The Balaban J connectivity index is 1.36. The average molecular weight is 290 g/mol. The number of nitrogens with zero attached hydrogens (tertiary/aromatic N) is 1. The number of nitrogens with one attached hydrogen (secondary N) is 1. The van der Waals surface area contributed by atoms with Crippen LogP contribution in [0.15, 0.2) is 0 Å². The molecule has 120 valence electrons. The summed E-state index contributed by atoms with van der Waals surface area (Å²) in [5.74, 6) is 2.11. The first-order valence-electron chi connectivity index (χ1n) is 9.77. The van der Waals surface area contributed by atoms with Gasteiger partial charge in [-0.25, -0.2) is 0 Å². The zero-order valence-electron chi connectivity index (χ0n) is 13.8. The van der Waals surface area contributed by atoms with Crippen LogP contribution in [0.5, 0.6) is 0 Å². The van der Waals surface area contributed by atoms with Crippen LogP contribution in [0.2, 0.25) is 0 Å². The zero-order chi connectivity index (χ0) is 14.1. The Morgan fingerprint density at radius 3 is 1.95 bits per heavy atom. The first-order valence-corrected chi connectivity index (χ1v) is 9.77. The molecule has 0 unspecified atom stereocenters. The summed E-state index contributed by atoms with van der Waals surface area (Å²) >= 11 is 0. The van der Waals surface area contributed by atoms with Gasteiger partial charge in [0.05, 0.1) is 0 Å². The number of hydrogen-bond donors (Lipinski definition) is 1. The summed E-state index contributed by atoms with van der Waals surface area (Å²) in [5.41, 5.74) is 0.616. The molecule has 0 amide bonds. The van der Waals surface area contributed by atoms with E-state index in [1.54, 1.807) is 0 Å². The Morgan fingerprint density at radius 2 is 1.43 bits per heavy atom. The van der Waals surface area contributed by atoms with E-state index in [9.17, 15) is 0 Å². The van der Waals surface area contributed by atoms with Crippen molar-refractivity contribution in [3.05, 3.63) is 0 Å². The van der Waals surface area contributed by atoms with Crippen molar-refractivity contribution in [2.24, 2.45) is 17.3 Å². The van der Waals surface area contributed by atoms with Crippen molar-refractivity contribution in [1.29, 1.82) is 0 Å². The Morgan fingerprint density at radius 1 is 0.810 bits per heavy atom. The van der Waals surface area contributed by atoms with E-state index in [0.717, 1.165) is 17.9 Å². The summed E-state index contributed by atoms with van der Waals surface area (Å²) in [5, 5.41) is 3.88. The first-order chi connectivity index (χ1) is 10.3. The molecule has 2 heteroatoms. The third-order valence-electron chi connectivity index (χ3n) is 6.24. The van der Waals surface area contributed by atoms with Crippen LogP contribution < -0.4 is 5.32 Å². The maximum absolute atomic E-state index is 3.88. The normalized spacial score (nSPS) is 29.0. The maximum atomic E-state index is 3.88. The molecule has 0 bridgehead atoms. The standard InChI is InChI=1S/C19H34N2/c1-2-10-19(11-3-1,14-20-18-8-9-18)15-21(12-16-4-5-16)13-17-6-7-17/h16-18,20H,1-15H2. The molecule has 0 aromatic carbocycles. The molecule has 0 heterocycles. The van der Waals surface area contributed by atoms with Crippen LogP contribution in [0.25, 0.3) is 0 Å². The lowest BCUT2D eigenvalue weighted by molar-refractivity contribution is 0.0954. The van der Waals surface area contributed by atoms with Crippen molar-refractivity contribution in [3.8, 4) is 0 Å². The van der Waals surface area contributed by atoms with Gasteiger partial charge in [0.2, 0.25) is 0 Å². The number of rotatable bonds is 9. The van der Waals surface area contributed by atoms with Gasteiger partial charge < -0.3 is 10.2 Å². The zero-order valence-corrected chi connectivity index (χ0v) is 13.8. The van der Waals surface area contributed by atoms with Crippen molar-refractivity contribution >= 4 is 0 Å². The lowest BCUT2D eigenvalue weighted by Crippen LogP contribution is -2.47.